The number of carbonyl (C=O) groups excluding carboxylic acids is 1. The highest BCUT2D eigenvalue weighted by molar-refractivity contribution is 6.00. The first-order valence-corrected chi connectivity index (χ1v) is 11.6. The first kappa shape index (κ1) is 22.5. The third-order valence-electron chi connectivity index (χ3n) is 6.23. The van der Waals surface area contributed by atoms with Crippen LogP contribution in [0.2, 0.25) is 0 Å². The molecule has 1 aromatic heterocycles. The van der Waals surface area contributed by atoms with Crippen LogP contribution in [-0.4, -0.2) is 15.5 Å². The molecule has 33 heavy (non-hydrogen) atoms. The molecule has 1 unspecified atom stereocenters. The van der Waals surface area contributed by atoms with E-state index in [1.54, 1.807) is 0 Å². The third-order valence-corrected chi connectivity index (χ3v) is 6.23. The summed E-state index contributed by atoms with van der Waals surface area (Å²) in [4.78, 5) is 18.8. The molecule has 1 N–H and O–H groups in total. The van der Waals surface area contributed by atoms with Gasteiger partial charge >= 0.3 is 0 Å². The quantitative estimate of drug-likeness (QED) is 0.348. The summed E-state index contributed by atoms with van der Waals surface area (Å²) in [5.41, 5.74) is 6.79. The van der Waals surface area contributed by atoms with Crippen molar-refractivity contribution in [2.24, 2.45) is 0 Å². The molecule has 1 atom stereocenters. The fraction of sp³-hybridized carbons (Fsp3) is 0.241. The number of imidazole rings is 1. The number of nitrogens with one attached hydrogen (secondary N) is 1. The van der Waals surface area contributed by atoms with Crippen LogP contribution < -0.4 is 5.32 Å². The zero-order valence-electron chi connectivity index (χ0n) is 19.8. The van der Waals surface area contributed by atoms with E-state index in [-0.39, 0.29) is 11.9 Å². The number of hydrogen-bond donors (Lipinski definition) is 1. The summed E-state index contributed by atoms with van der Waals surface area (Å²) >= 11 is 0. The second-order valence-corrected chi connectivity index (χ2v) is 8.39. The van der Waals surface area contributed by atoms with Crippen LogP contribution >= 0.6 is 0 Å². The summed E-state index contributed by atoms with van der Waals surface area (Å²) in [5, 5.41) is 3.28. The standard InChI is InChI=1S/C29H31N3O/c1-5-25(22-13-9-7-10-14-22)30-29(33)27-26(24-18-17-20(3)21(4)19-24)31-28(32(27)6-2)23-15-11-8-12-16-23/h7-19,25H,5-6H2,1-4H3,(H,30,33). The highest BCUT2D eigenvalue weighted by atomic mass is 16.2. The summed E-state index contributed by atoms with van der Waals surface area (Å²) in [6.45, 7) is 8.99. The highest BCUT2D eigenvalue weighted by Gasteiger charge is 2.26. The van der Waals surface area contributed by atoms with Gasteiger partial charge in [-0.25, -0.2) is 4.98 Å². The lowest BCUT2D eigenvalue weighted by Gasteiger charge is -2.19. The third kappa shape index (κ3) is 4.61. The molecule has 0 aliphatic rings. The van der Waals surface area contributed by atoms with E-state index in [9.17, 15) is 4.79 Å². The summed E-state index contributed by atoms with van der Waals surface area (Å²) in [7, 11) is 0. The largest absolute Gasteiger partial charge is 0.344 e. The molecule has 4 aromatic rings. The van der Waals surface area contributed by atoms with E-state index in [4.69, 9.17) is 4.98 Å². The number of aromatic nitrogens is 2. The van der Waals surface area contributed by atoms with Crippen LogP contribution in [0.1, 0.15) is 53.5 Å². The van der Waals surface area contributed by atoms with Crippen molar-refractivity contribution in [3.8, 4) is 22.6 Å². The Hall–Kier alpha value is -3.66. The van der Waals surface area contributed by atoms with E-state index in [1.165, 1.54) is 11.1 Å². The van der Waals surface area contributed by atoms with Gasteiger partial charge in [0.05, 0.1) is 6.04 Å². The van der Waals surface area contributed by atoms with Gasteiger partial charge in [0.2, 0.25) is 0 Å². The maximum absolute atomic E-state index is 13.8. The van der Waals surface area contributed by atoms with Gasteiger partial charge in [0, 0.05) is 17.7 Å². The maximum Gasteiger partial charge on any atom is 0.270 e. The van der Waals surface area contributed by atoms with Gasteiger partial charge in [-0.2, -0.15) is 0 Å². The SMILES string of the molecule is CCC(NC(=O)c1c(-c2ccc(C)c(C)c2)nc(-c2ccccc2)n1CC)c1ccccc1. The lowest BCUT2D eigenvalue weighted by Crippen LogP contribution is -2.30. The van der Waals surface area contributed by atoms with Gasteiger partial charge in [-0.05, 0) is 49.9 Å². The van der Waals surface area contributed by atoms with Gasteiger partial charge < -0.3 is 9.88 Å². The Morgan fingerprint density at radius 3 is 2.15 bits per heavy atom. The summed E-state index contributed by atoms with van der Waals surface area (Å²) in [6, 6.07) is 26.4. The fourth-order valence-corrected chi connectivity index (χ4v) is 4.22. The lowest BCUT2D eigenvalue weighted by atomic mass is 10.0. The number of nitrogens with zero attached hydrogens (tertiary/aromatic N) is 2. The second kappa shape index (κ2) is 9.86. The first-order valence-electron chi connectivity index (χ1n) is 11.6. The summed E-state index contributed by atoms with van der Waals surface area (Å²) in [5.74, 6) is 0.708. The number of benzene rings is 3. The monoisotopic (exact) mass is 437 g/mol. The zero-order valence-corrected chi connectivity index (χ0v) is 19.8. The van der Waals surface area contributed by atoms with Crippen LogP contribution in [0, 0.1) is 13.8 Å². The molecule has 0 saturated carbocycles. The van der Waals surface area contributed by atoms with Gasteiger partial charge in [-0.15, -0.1) is 0 Å². The number of hydrogen-bond acceptors (Lipinski definition) is 2. The minimum atomic E-state index is -0.101. The first-order chi connectivity index (χ1) is 16.0. The van der Waals surface area contributed by atoms with Gasteiger partial charge in [0.25, 0.3) is 5.91 Å². The maximum atomic E-state index is 13.8. The molecule has 0 spiro atoms. The Bertz CT molecular complexity index is 1240. The molecule has 4 rings (SSSR count). The Labute approximate surface area is 196 Å². The number of carbonyl (C=O) groups is 1. The van der Waals surface area contributed by atoms with Crippen molar-refractivity contribution in [1.82, 2.24) is 14.9 Å². The van der Waals surface area contributed by atoms with E-state index in [0.29, 0.717) is 12.2 Å². The van der Waals surface area contributed by atoms with E-state index in [2.05, 4.69) is 63.3 Å². The van der Waals surface area contributed by atoms with Crippen molar-refractivity contribution < 1.29 is 4.79 Å². The molecular weight excluding hydrogens is 406 g/mol. The average Bonchev–Trinajstić information content (AvgIpc) is 3.25. The van der Waals surface area contributed by atoms with Crippen molar-refractivity contribution in [3.63, 3.8) is 0 Å². The fourth-order valence-electron chi connectivity index (χ4n) is 4.22. The number of aryl methyl sites for hydroxylation is 2. The van der Waals surface area contributed by atoms with Gasteiger partial charge in [0.1, 0.15) is 17.2 Å². The van der Waals surface area contributed by atoms with Crippen molar-refractivity contribution in [1.29, 1.82) is 0 Å². The molecule has 1 heterocycles. The molecule has 3 aromatic carbocycles. The Balaban J connectivity index is 1.85. The van der Waals surface area contributed by atoms with Gasteiger partial charge in [-0.1, -0.05) is 79.7 Å². The molecule has 1 amide bonds. The molecule has 4 heteroatoms. The van der Waals surface area contributed by atoms with E-state index in [0.717, 1.165) is 34.6 Å². The van der Waals surface area contributed by atoms with Crippen LogP contribution in [0.3, 0.4) is 0 Å². The van der Waals surface area contributed by atoms with Crippen LogP contribution in [0.5, 0.6) is 0 Å². The minimum absolute atomic E-state index is 0.0633. The molecule has 0 radical (unpaired) electrons. The van der Waals surface area contributed by atoms with E-state index < -0.39 is 0 Å². The predicted molar refractivity (Wildman–Crippen MR) is 135 cm³/mol. The van der Waals surface area contributed by atoms with Crippen molar-refractivity contribution >= 4 is 5.91 Å². The zero-order chi connectivity index (χ0) is 23.4. The van der Waals surface area contributed by atoms with Gasteiger partial charge in [0.15, 0.2) is 0 Å². The van der Waals surface area contributed by atoms with Crippen LogP contribution in [0.15, 0.2) is 78.9 Å². The Morgan fingerprint density at radius 2 is 1.55 bits per heavy atom. The molecule has 4 nitrogen and oxygen atoms in total. The predicted octanol–water partition coefficient (Wildman–Crippen LogP) is 6.73. The Morgan fingerprint density at radius 1 is 0.879 bits per heavy atom. The minimum Gasteiger partial charge on any atom is -0.344 e. The van der Waals surface area contributed by atoms with E-state index in [1.807, 2.05) is 53.1 Å². The molecule has 0 saturated heterocycles. The molecular formula is C29H31N3O. The molecule has 0 aliphatic heterocycles. The van der Waals surface area contributed by atoms with Crippen molar-refractivity contribution in [2.75, 3.05) is 0 Å². The molecule has 0 aliphatic carbocycles. The number of rotatable bonds is 7. The topological polar surface area (TPSA) is 46.9 Å². The molecule has 168 valence electrons. The van der Waals surface area contributed by atoms with Gasteiger partial charge in [-0.3, -0.25) is 4.79 Å². The average molecular weight is 438 g/mol. The van der Waals surface area contributed by atoms with Crippen molar-refractivity contribution in [3.05, 3.63) is 101 Å². The summed E-state index contributed by atoms with van der Waals surface area (Å²) < 4.78 is 2.03. The van der Waals surface area contributed by atoms with Crippen LogP contribution in [-0.2, 0) is 6.54 Å². The Kier molecular flexibility index (Phi) is 6.74. The van der Waals surface area contributed by atoms with Crippen LogP contribution in [0.25, 0.3) is 22.6 Å². The molecule has 0 bridgehead atoms. The molecule has 0 fully saturated rings. The van der Waals surface area contributed by atoms with Crippen molar-refractivity contribution in [2.45, 2.75) is 46.7 Å². The normalized spacial score (nSPS) is 11.9. The number of amides is 1. The summed E-state index contributed by atoms with van der Waals surface area (Å²) in [6.07, 6.45) is 0.806. The smallest absolute Gasteiger partial charge is 0.270 e. The van der Waals surface area contributed by atoms with E-state index >= 15 is 0 Å². The lowest BCUT2D eigenvalue weighted by molar-refractivity contribution is 0.0927. The van der Waals surface area contributed by atoms with Crippen LogP contribution in [0.4, 0.5) is 0 Å². The highest BCUT2D eigenvalue weighted by Crippen LogP contribution is 2.31. The second-order valence-electron chi connectivity index (χ2n) is 8.39.